The Morgan fingerprint density at radius 1 is 1.14 bits per heavy atom. The summed E-state index contributed by atoms with van der Waals surface area (Å²) in [5.74, 6) is -0.635. The number of hydrogen-bond donors (Lipinski definition) is 8. The molecule has 0 bridgehead atoms. The van der Waals surface area contributed by atoms with E-state index in [-0.39, 0.29) is 48.5 Å². The first-order valence-electron chi connectivity index (χ1n) is 15.3. The van der Waals surface area contributed by atoms with Crippen molar-refractivity contribution in [2.45, 2.75) is 87.3 Å². The van der Waals surface area contributed by atoms with Crippen LogP contribution in [-0.2, 0) is 28.6 Å². The molecular weight excluding hydrogens is 548 g/mol. The molecular formula is C26H44N10O6. The maximum atomic E-state index is 12.9. The number of morpholine rings is 1. The lowest BCUT2D eigenvalue weighted by Crippen LogP contribution is -2.77. The Bertz CT molecular complexity index is 1050. The SMILES string of the molecule is NC(=O)C1C(NC2CC(C3COC4C(=O)C=C(N5CCOCC5)OC43)ON2)NC(N[C@H]2CCCC[C@H]2N)N2NCNC12. The van der Waals surface area contributed by atoms with Crippen LogP contribution >= 0.6 is 0 Å². The van der Waals surface area contributed by atoms with Crippen molar-refractivity contribution in [3.63, 3.8) is 0 Å². The van der Waals surface area contributed by atoms with Crippen LogP contribution in [0.3, 0.4) is 0 Å². The summed E-state index contributed by atoms with van der Waals surface area (Å²) in [6, 6.07) is 0.234. The van der Waals surface area contributed by atoms with Gasteiger partial charge >= 0.3 is 0 Å². The average Bonchev–Trinajstić information content (AvgIpc) is 3.75. The third kappa shape index (κ3) is 5.54. The van der Waals surface area contributed by atoms with Crippen molar-refractivity contribution < 1.29 is 28.6 Å². The Morgan fingerprint density at radius 2 is 1.98 bits per heavy atom. The summed E-state index contributed by atoms with van der Waals surface area (Å²) in [7, 11) is 0. The molecule has 234 valence electrons. The molecule has 16 heteroatoms. The highest BCUT2D eigenvalue weighted by Crippen LogP contribution is 2.36. The molecule has 7 rings (SSSR count). The van der Waals surface area contributed by atoms with Gasteiger partial charge in [-0.3, -0.25) is 35.7 Å². The van der Waals surface area contributed by atoms with E-state index in [2.05, 4.69) is 32.2 Å². The third-order valence-electron chi connectivity index (χ3n) is 9.71. The van der Waals surface area contributed by atoms with Crippen molar-refractivity contribution in [2.75, 3.05) is 39.6 Å². The number of hydrazine groups is 1. The van der Waals surface area contributed by atoms with Gasteiger partial charge < -0.3 is 30.6 Å². The number of hydroxylamine groups is 1. The van der Waals surface area contributed by atoms with Crippen LogP contribution in [0.25, 0.3) is 0 Å². The number of hydrogen-bond acceptors (Lipinski definition) is 15. The summed E-state index contributed by atoms with van der Waals surface area (Å²) in [5.41, 5.74) is 18.8. The first-order chi connectivity index (χ1) is 20.5. The second kappa shape index (κ2) is 12.2. The quantitative estimate of drug-likeness (QED) is 0.143. The first-order valence-corrected chi connectivity index (χ1v) is 15.3. The molecule has 42 heavy (non-hydrogen) atoms. The van der Waals surface area contributed by atoms with Crippen molar-refractivity contribution in [1.29, 1.82) is 0 Å². The largest absolute Gasteiger partial charge is 0.472 e. The van der Waals surface area contributed by atoms with Crippen LogP contribution in [0.2, 0.25) is 0 Å². The second-order valence-corrected chi connectivity index (χ2v) is 12.3. The van der Waals surface area contributed by atoms with E-state index in [1.807, 2.05) is 9.91 Å². The summed E-state index contributed by atoms with van der Waals surface area (Å²) >= 11 is 0. The molecule has 9 unspecified atom stereocenters. The van der Waals surface area contributed by atoms with Crippen LogP contribution in [0.5, 0.6) is 0 Å². The molecule has 6 fully saturated rings. The fourth-order valence-electron chi connectivity index (χ4n) is 7.44. The Hall–Kier alpha value is -1.96. The molecule has 0 spiro atoms. The Balaban J connectivity index is 1.01. The molecule has 0 aromatic carbocycles. The third-order valence-corrected chi connectivity index (χ3v) is 9.71. The molecule has 0 aromatic heterocycles. The molecule has 6 aliphatic heterocycles. The molecule has 1 amide bonds. The van der Waals surface area contributed by atoms with Crippen LogP contribution in [0.1, 0.15) is 32.1 Å². The van der Waals surface area contributed by atoms with Crippen LogP contribution < -0.4 is 43.6 Å². The van der Waals surface area contributed by atoms with Crippen molar-refractivity contribution in [3.8, 4) is 0 Å². The van der Waals surface area contributed by atoms with Crippen LogP contribution in [0, 0.1) is 11.8 Å². The minimum absolute atomic E-state index is 0.0745. The van der Waals surface area contributed by atoms with Gasteiger partial charge in [0.05, 0.1) is 62.9 Å². The summed E-state index contributed by atoms with van der Waals surface area (Å²) < 4.78 is 17.7. The zero-order chi connectivity index (χ0) is 28.8. The number of primary amides is 1. The van der Waals surface area contributed by atoms with Gasteiger partial charge in [-0.1, -0.05) is 12.8 Å². The summed E-state index contributed by atoms with van der Waals surface area (Å²) in [6.07, 6.45) is 3.74. The Morgan fingerprint density at radius 3 is 2.79 bits per heavy atom. The van der Waals surface area contributed by atoms with Gasteiger partial charge in [0, 0.05) is 37.7 Å². The Kier molecular flexibility index (Phi) is 8.36. The number of nitrogens with zero attached hydrogens (tertiary/aromatic N) is 2. The smallest absolute Gasteiger partial charge is 0.226 e. The highest BCUT2D eigenvalue weighted by atomic mass is 16.7. The van der Waals surface area contributed by atoms with Crippen LogP contribution in [0.15, 0.2) is 12.0 Å². The van der Waals surface area contributed by atoms with Crippen molar-refractivity contribution in [3.05, 3.63) is 12.0 Å². The number of carbonyl (C=O) groups is 2. The molecule has 7 aliphatic rings. The Labute approximate surface area is 244 Å². The minimum atomic E-state index is -0.639. The van der Waals surface area contributed by atoms with E-state index >= 15 is 0 Å². The lowest BCUT2D eigenvalue weighted by Gasteiger charge is -2.48. The van der Waals surface area contributed by atoms with Crippen molar-refractivity contribution in [1.82, 2.24) is 42.1 Å². The fraction of sp³-hybridized carbons (Fsp3) is 0.846. The van der Waals surface area contributed by atoms with Crippen molar-refractivity contribution in [2.24, 2.45) is 23.3 Å². The summed E-state index contributed by atoms with van der Waals surface area (Å²) in [5, 5.41) is 16.1. The van der Waals surface area contributed by atoms with Gasteiger partial charge in [0.15, 0.2) is 17.8 Å². The molecule has 11 atom stereocenters. The predicted molar refractivity (Wildman–Crippen MR) is 147 cm³/mol. The number of carbonyl (C=O) groups excluding carboxylic acids is 2. The lowest BCUT2D eigenvalue weighted by molar-refractivity contribution is -0.134. The number of rotatable bonds is 7. The number of fused-ring (bicyclic) bond motifs is 2. The van der Waals surface area contributed by atoms with E-state index < -0.39 is 30.2 Å². The van der Waals surface area contributed by atoms with Gasteiger partial charge in [-0.25, -0.2) is 5.43 Å². The lowest BCUT2D eigenvalue weighted by atomic mass is 9.90. The second-order valence-electron chi connectivity index (χ2n) is 12.3. The van der Waals surface area contributed by atoms with E-state index in [9.17, 15) is 9.59 Å². The molecule has 10 N–H and O–H groups in total. The van der Waals surface area contributed by atoms with E-state index in [0.29, 0.717) is 51.9 Å². The van der Waals surface area contributed by atoms with E-state index in [1.54, 1.807) is 6.08 Å². The minimum Gasteiger partial charge on any atom is -0.472 e. The highest BCUT2D eigenvalue weighted by molar-refractivity contribution is 5.95. The maximum absolute atomic E-state index is 12.9. The van der Waals surface area contributed by atoms with Gasteiger partial charge in [-0.05, 0) is 12.8 Å². The zero-order valence-corrected chi connectivity index (χ0v) is 23.7. The van der Waals surface area contributed by atoms with Gasteiger partial charge in [-0.2, -0.15) is 10.5 Å². The molecule has 0 radical (unpaired) electrons. The van der Waals surface area contributed by atoms with Gasteiger partial charge in [0.25, 0.3) is 0 Å². The van der Waals surface area contributed by atoms with Gasteiger partial charge in [0.1, 0.15) is 12.4 Å². The summed E-state index contributed by atoms with van der Waals surface area (Å²) in [6.45, 7) is 3.43. The maximum Gasteiger partial charge on any atom is 0.226 e. The van der Waals surface area contributed by atoms with Gasteiger partial charge in [0.2, 0.25) is 5.91 Å². The normalized spacial score (nSPS) is 44.4. The van der Waals surface area contributed by atoms with E-state index in [4.69, 9.17) is 30.5 Å². The zero-order valence-electron chi connectivity index (χ0n) is 23.7. The topological polar surface area (TPSA) is 202 Å². The number of nitrogens with one attached hydrogen (secondary N) is 6. The van der Waals surface area contributed by atoms with Crippen LogP contribution in [0.4, 0.5) is 0 Å². The van der Waals surface area contributed by atoms with Crippen LogP contribution in [-0.4, -0.2) is 116 Å². The average molecular weight is 593 g/mol. The molecule has 6 heterocycles. The van der Waals surface area contributed by atoms with E-state index in [1.165, 1.54) is 0 Å². The highest BCUT2D eigenvalue weighted by Gasteiger charge is 2.53. The predicted octanol–water partition coefficient (Wildman–Crippen LogP) is -3.78. The number of ketones is 1. The standard InChI is InChI=1S/C26H44N10O6/c27-14-3-1-2-4-15(14)31-26-33-24(20(23(28)38)25-29-12-30-36(25)26)32-18-10-17(42-34-18)13-11-40-22-16(37)9-19(41-21(13)22)35-5-7-39-8-6-35/h9,13-15,17-18,20-22,24-26,29-34H,1-8,10-12,27H2,(H2,28,38)/t13?,14-,15+,17?,18?,20?,21?,22?,24?,25?,26?/m1/s1. The van der Waals surface area contributed by atoms with Crippen molar-refractivity contribution >= 4 is 11.7 Å². The molecule has 1 saturated carbocycles. The fourth-order valence-corrected chi connectivity index (χ4v) is 7.44. The molecule has 16 nitrogen and oxygen atoms in total. The monoisotopic (exact) mass is 592 g/mol. The molecule has 1 aliphatic carbocycles. The number of ether oxygens (including phenoxy) is 3. The first kappa shape index (κ1) is 28.8. The number of nitrogens with two attached hydrogens (primary N) is 2. The van der Waals surface area contributed by atoms with Gasteiger partial charge in [-0.15, -0.1) is 0 Å². The molecule has 5 saturated heterocycles. The van der Waals surface area contributed by atoms with E-state index in [0.717, 1.165) is 25.7 Å². The number of amides is 1. The summed E-state index contributed by atoms with van der Waals surface area (Å²) in [4.78, 5) is 33.7. The molecule has 0 aromatic rings.